The lowest BCUT2D eigenvalue weighted by molar-refractivity contribution is -0.752. The SMILES string of the molecule is COC[C@@H](O[C@@H](COP(=O)([O-])OC[C@H]1O[C@@H](n2cnc3c(=O)[nH]c(N)nc32)C(O)[C@H]1O)COP(=O)(O)OP(=O)(O)OP(=O)([O-])OC[C@]12CO[C@@H](C1O)[C@H]([n+]1cn(C)c3c(=O)[nH]c(N)nc31)O2)n1cnc2c(N)ncnc21. The molecular weight excluding hydrogens is 1110 g/mol. The number of aromatic amines is 2. The molecule has 3 aliphatic heterocycles. The van der Waals surface area contributed by atoms with Crippen LogP contribution in [-0.4, -0.2) is 168 Å². The Morgan fingerprint density at radius 3 is 2.33 bits per heavy atom. The summed E-state index contributed by atoms with van der Waals surface area (Å²) in [5.74, 6) is -0.657. The first-order chi connectivity index (χ1) is 35.7. The van der Waals surface area contributed by atoms with Gasteiger partial charge in [0.1, 0.15) is 54.1 Å². The molecule has 14 atom stereocenters. The van der Waals surface area contributed by atoms with Crippen molar-refractivity contribution in [1.82, 2.24) is 53.6 Å². The average Bonchev–Trinajstić information content (AvgIpc) is 4.19. The number of aliphatic hydroxyl groups excluding tert-OH is 3. The summed E-state index contributed by atoms with van der Waals surface area (Å²) in [6.07, 6.45) is -9.44. The van der Waals surface area contributed by atoms with E-state index in [0.29, 0.717) is 0 Å². The summed E-state index contributed by atoms with van der Waals surface area (Å²) in [5.41, 5.74) is 13.7. The summed E-state index contributed by atoms with van der Waals surface area (Å²) in [6.45, 7) is -5.55. The number of nitrogens with one attached hydrogen (secondary N) is 2. The highest BCUT2D eigenvalue weighted by Crippen LogP contribution is 2.67. The molecule has 6 unspecified atom stereocenters. The molecule has 0 radical (unpaired) electrons. The summed E-state index contributed by atoms with van der Waals surface area (Å²) < 4.78 is 113. The summed E-state index contributed by atoms with van der Waals surface area (Å²) in [5, 5.41) is 32.6. The molecule has 3 aliphatic rings. The van der Waals surface area contributed by atoms with Gasteiger partial charge in [-0.05, 0) is 0 Å². The van der Waals surface area contributed by atoms with Gasteiger partial charge in [0.25, 0.3) is 32.7 Å². The standard InChI is InChI=1S/C33H45N15O24P4/c1-45-12-48(26-18(45)28(53)44-32(36)42-26)30-21-22(51)33(70-30,7-63-21)8-67-75(58,59)72-76(60,61)71-74(56,57)65-4-13(68-15(6-62-2)46-10-39-16-23(34)37-9-38-24(16)46)3-64-73(54,55)66-5-14-19(49)20(50)29(69-14)47-11-40-17-25(47)41-31(35)43-27(17)52/h9-15,19-22,29-30,49-51H,3-8H2,1-2H3,(H11-,34,35,36,37,38,41,42,43,44,52,53,54,55,56,57,58,59,60,61)/p-1/t13-,14+,15+,19-,20?,21-,22?,29+,30+,33+/m0/s1. The highest BCUT2D eigenvalue weighted by molar-refractivity contribution is 7.66. The number of nitrogens with zero attached hydrogens (tertiary/aromatic N) is 10. The number of aryl methyl sites for hydroxylation is 1. The molecule has 43 heteroatoms. The molecule has 0 aliphatic carbocycles. The van der Waals surface area contributed by atoms with Crippen LogP contribution >= 0.6 is 31.3 Å². The monoisotopic (exact) mass is 1160 g/mol. The molecule has 9 heterocycles. The van der Waals surface area contributed by atoms with Gasteiger partial charge in [-0.2, -0.15) is 9.29 Å². The second-order valence-corrected chi connectivity index (χ2v) is 22.8. The third-order valence-corrected chi connectivity index (χ3v) is 16.7. The van der Waals surface area contributed by atoms with E-state index >= 15 is 0 Å². The molecule has 3 fully saturated rings. The Morgan fingerprint density at radius 2 is 1.58 bits per heavy atom. The summed E-state index contributed by atoms with van der Waals surface area (Å²) in [6, 6.07) is 0. The van der Waals surface area contributed by atoms with Gasteiger partial charge in [0.15, 0.2) is 41.4 Å². The number of rotatable bonds is 23. The van der Waals surface area contributed by atoms with Gasteiger partial charge < -0.3 is 89.3 Å². The van der Waals surface area contributed by atoms with Gasteiger partial charge in [0.2, 0.25) is 17.7 Å². The summed E-state index contributed by atoms with van der Waals surface area (Å²) >= 11 is 0. The third-order valence-electron chi connectivity index (χ3n) is 11.6. The van der Waals surface area contributed by atoms with Crippen LogP contribution in [0.15, 0.2) is 34.9 Å². The molecule has 3 saturated heterocycles. The van der Waals surface area contributed by atoms with Crippen LogP contribution in [0.1, 0.15) is 18.7 Å². The first-order valence-corrected chi connectivity index (χ1v) is 27.4. The number of aromatic nitrogens is 12. The second-order valence-electron chi connectivity index (χ2n) is 16.8. The van der Waals surface area contributed by atoms with Crippen molar-refractivity contribution in [3.63, 3.8) is 0 Å². The van der Waals surface area contributed by atoms with Crippen molar-refractivity contribution in [3.05, 3.63) is 46.0 Å². The van der Waals surface area contributed by atoms with Crippen LogP contribution in [-0.2, 0) is 75.7 Å². The van der Waals surface area contributed by atoms with Crippen LogP contribution in [0.3, 0.4) is 0 Å². The number of anilines is 3. The van der Waals surface area contributed by atoms with Crippen molar-refractivity contribution in [2.75, 3.05) is 64.0 Å². The molecule has 6 aromatic rings. The first kappa shape index (κ1) is 55.6. The van der Waals surface area contributed by atoms with E-state index in [0.717, 1.165) is 23.5 Å². The van der Waals surface area contributed by atoms with Gasteiger partial charge in [0, 0.05) is 7.11 Å². The smallest absolute Gasteiger partial charge is 0.487 e. The van der Waals surface area contributed by atoms with Crippen molar-refractivity contribution >= 4 is 82.5 Å². The summed E-state index contributed by atoms with van der Waals surface area (Å²) in [4.78, 5) is 100. The number of H-pyrrole nitrogens is 2. The Hall–Kier alpha value is -5.15. The van der Waals surface area contributed by atoms with Gasteiger partial charge in [-0.25, -0.2) is 37.9 Å². The molecule has 6 aromatic heterocycles. The van der Waals surface area contributed by atoms with E-state index in [-0.39, 0.29) is 51.2 Å². The van der Waals surface area contributed by atoms with E-state index in [9.17, 15) is 62.7 Å². The lowest BCUT2D eigenvalue weighted by Gasteiger charge is -2.32. The van der Waals surface area contributed by atoms with E-state index in [4.69, 9.17) is 59.0 Å². The minimum absolute atomic E-state index is 0.0101. The van der Waals surface area contributed by atoms with E-state index in [1.165, 1.54) is 34.2 Å². The predicted octanol–water partition coefficient (Wildman–Crippen LogP) is -5.32. The van der Waals surface area contributed by atoms with Gasteiger partial charge in [-0.1, -0.05) is 4.98 Å². The fraction of sp³-hybridized carbons (Fsp3) is 0.545. The van der Waals surface area contributed by atoms with Gasteiger partial charge in [0.05, 0.1) is 59.3 Å². The normalized spacial score (nSPS) is 27.7. The first-order valence-electron chi connectivity index (χ1n) is 21.5. The highest BCUT2D eigenvalue weighted by atomic mass is 31.3. The molecule has 0 spiro atoms. The molecule has 2 bridgehead atoms. The number of phosphoric ester groups is 3. The van der Waals surface area contributed by atoms with Gasteiger partial charge in [-0.3, -0.25) is 46.9 Å². The molecule has 0 amide bonds. The van der Waals surface area contributed by atoms with E-state index < -0.39 is 143 Å². The Kier molecular flexibility index (Phi) is 15.3. The minimum atomic E-state index is -6.26. The Bertz CT molecular complexity index is 3490. The van der Waals surface area contributed by atoms with Crippen molar-refractivity contribution in [2.24, 2.45) is 7.05 Å². The number of imidazole rings is 3. The number of hydrogen-bond donors (Lipinski definition) is 10. The van der Waals surface area contributed by atoms with Gasteiger partial charge in [-0.15, -0.1) is 0 Å². The largest absolute Gasteiger partial charge is 0.756 e. The molecule has 416 valence electrons. The molecule has 0 saturated carbocycles. The van der Waals surface area contributed by atoms with Gasteiger partial charge >= 0.3 is 21.3 Å². The zero-order valence-electron chi connectivity index (χ0n) is 38.7. The number of nitrogens with two attached hydrogens (primary N) is 3. The molecule has 13 N–H and O–H groups in total. The molecule has 9 rings (SSSR count). The van der Waals surface area contributed by atoms with Crippen molar-refractivity contribution in [2.45, 2.75) is 60.9 Å². The summed E-state index contributed by atoms with van der Waals surface area (Å²) in [7, 11) is -21.2. The van der Waals surface area contributed by atoms with Crippen LogP contribution in [0.2, 0.25) is 0 Å². The van der Waals surface area contributed by atoms with Crippen LogP contribution in [0.4, 0.5) is 17.7 Å². The Balaban J connectivity index is 0.850. The van der Waals surface area contributed by atoms with Crippen LogP contribution in [0.25, 0.3) is 33.5 Å². The fourth-order valence-corrected chi connectivity index (χ4v) is 12.5. The predicted molar refractivity (Wildman–Crippen MR) is 239 cm³/mol. The number of ether oxygens (including phenoxy) is 5. The Morgan fingerprint density at radius 1 is 0.868 bits per heavy atom. The molecule has 39 nitrogen and oxygen atoms in total. The second kappa shape index (κ2) is 20.9. The number of methoxy groups -OCH3 is 1. The third kappa shape index (κ3) is 11.3. The lowest BCUT2D eigenvalue weighted by atomic mass is 10.0. The van der Waals surface area contributed by atoms with Crippen LogP contribution in [0.5, 0.6) is 0 Å². The zero-order valence-corrected chi connectivity index (χ0v) is 42.3. The lowest BCUT2D eigenvalue weighted by Crippen LogP contribution is -2.50. The highest BCUT2D eigenvalue weighted by Gasteiger charge is 2.64. The van der Waals surface area contributed by atoms with E-state index in [2.05, 4.69) is 48.5 Å². The minimum Gasteiger partial charge on any atom is -0.756 e. The number of nitrogen functional groups attached to an aromatic ring is 3. The topological polar surface area (TPSA) is 557 Å². The number of aliphatic hydroxyl groups is 3. The van der Waals surface area contributed by atoms with Crippen LogP contribution < -0.4 is 42.7 Å². The van der Waals surface area contributed by atoms with Crippen molar-refractivity contribution in [1.29, 1.82) is 0 Å². The van der Waals surface area contributed by atoms with E-state index in [1.54, 1.807) is 0 Å². The number of fused-ring (bicyclic) bond motifs is 5. The average molecular weight is 1160 g/mol. The Labute approximate surface area is 421 Å². The molecular formula is C33H44N15O24P4-. The van der Waals surface area contributed by atoms with Crippen molar-refractivity contribution < 1.29 is 108 Å². The maximum Gasteiger partial charge on any atom is 0.487 e. The van der Waals surface area contributed by atoms with Crippen LogP contribution in [0, 0.1) is 0 Å². The maximum absolute atomic E-state index is 13.2. The zero-order chi connectivity index (χ0) is 54.9. The number of hydrogen-bond acceptors (Lipinski definition) is 31. The van der Waals surface area contributed by atoms with E-state index in [1.807, 2.05) is 0 Å². The van der Waals surface area contributed by atoms with Crippen molar-refractivity contribution in [3.8, 4) is 0 Å². The number of phosphoric acid groups is 4. The molecule has 76 heavy (non-hydrogen) atoms. The quantitative estimate of drug-likeness (QED) is 0.0212. The molecule has 0 aromatic carbocycles. The maximum atomic E-state index is 13.2. The fourth-order valence-electron chi connectivity index (χ4n) is 8.24.